The van der Waals surface area contributed by atoms with Crippen LogP contribution >= 0.6 is 0 Å². The van der Waals surface area contributed by atoms with E-state index in [0.717, 1.165) is 25.9 Å². The molecule has 3 heteroatoms. The highest BCUT2D eigenvalue weighted by Crippen LogP contribution is 2.27. The second-order valence-corrected chi connectivity index (χ2v) is 6.53. The minimum Gasteiger partial charge on any atom is -0.353 e. The molecule has 2 fully saturated rings. The molecule has 3 nitrogen and oxygen atoms in total. The first-order valence-corrected chi connectivity index (χ1v) is 8.33. The third-order valence-corrected chi connectivity index (χ3v) is 5.18. The van der Waals surface area contributed by atoms with Gasteiger partial charge in [0.25, 0.3) is 0 Å². The Kier molecular flexibility index (Phi) is 4.59. The van der Waals surface area contributed by atoms with Crippen LogP contribution in [0.15, 0.2) is 30.3 Å². The first-order valence-electron chi connectivity index (χ1n) is 8.33. The van der Waals surface area contributed by atoms with E-state index in [4.69, 9.17) is 0 Å². The van der Waals surface area contributed by atoms with Gasteiger partial charge in [-0.3, -0.25) is 9.69 Å². The van der Waals surface area contributed by atoms with Gasteiger partial charge in [0.2, 0.25) is 5.91 Å². The van der Waals surface area contributed by atoms with Crippen molar-refractivity contribution < 1.29 is 4.79 Å². The Morgan fingerprint density at radius 3 is 2.38 bits per heavy atom. The van der Waals surface area contributed by atoms with E-state index in [1.54, 1.807) is 0 Å². The fraction of sp³-hybridized carbons (Fsp3) is 0.611. The van der Waals surface area contributed by atoms with Crippen molar-refractivity contribution >= 4 is 5.91 Å². The third-order valence-electron chi connectivity index (χ3n) is 5.18. The average molecular weight is 286 g/mol. The van der Waals surface area contributed by atoms with Gasteiger partial charge in [0.15, 0.2) is 0 Å². The predicted molar refractivity (Wildman–Crippen MR) is 84.9 cm³/mol. The lowest BCUT2D eigenvalue weighted by Gasteiger charge is -2.37. The molecule has 1 N–H and O–H groups in total. The number of hydrogen-bond donors (Lipinski definition) is 1. The summed E-state index contributed by atoms with van der Waals surface area (Å²) in [6, 6.07) is 11.6. The molecule has 0 bridgehead atoms. The highest BCUT2D eigenvalue weighted by atomic mass is 16.1. The molecule has 1 amide bonds. The van der Waals surface area contributed by atoms with Gasteiger partial charge in [-0.2, -0.15) is 0 Å². The van der Waals surface area contributed by atoms with Crippen molar-refractivity contribution in [2.45, 2.75) is 51.1 Å². The summed E-state index contributed by atoms with van der Waals surface area (Å²) in [7, 11) is 0. The van der Waals surface area contributed by atoms with Gasteiger partial charge in [0.1, 0.15) is 0 Å². The molecule has 21 heavy (non-hydrogen) atoms. The van der Waals surface area contributed by atoms with Crippen molar-refractivity contribution in [3.05, 3.63) is 35.9 Å². The highest BCUT2D eigenvalue weighted by Gasteiger charge is 2.29. The second kappa shape index (κ2) is 6.61. The van der Waals surface area contributed by atoms with E-state index >= 15 is 0 Å². The molecule has 1 heterocycles. The van der Waals surface area contributed by atoms with Crippen LogP contribution in [0.4, 0.5) is 0 Å². The fourth-order valence-electron chi connectivity index (χ4n) is 3.36. The number of carbonyl (C=O) groups is 1. The van der Waals surface area contributed by atoms with Crippen molar-refractivity contribution in [2.75, 3.05) is 13.1 Å². The smallest absolute Gasteiger partial charge is 0.223 e. The normalized spacial score (nSPS) is 22.5. The van der Waals surface area contributed by atoms with Crippen LogP contribution in [0.1, 0.15) is 50.6 Å². The number of nitrogens with zero attached hydrogens (tertiary/aromatic N) is 1. The minimum absolute atomic E-state index is 0.227. The quantitative estimate of drug-likeness (QED) is 0.922. The van der Waals surface area contributed by atoms with Crippen molar-refractivity contribution in [1.82, 2.24) is 10.2 Å². The summed E-state index contributed by atoms with van der Waals surface area (Å²) in [6.45, 7) is 4.32. The van der Waals surface area contributed by atoms with Crippen LogP contribution in [-0.2, 0) is 4.79 Å². The summed E-state index contributed by atoms with van der Waals surface area (Å²) in [5.74, 6) is 0.525. The molecular formula is C18H26N2O. The van der Waals surface area contributed by atoms with E-state index in [-0.39, 0.29) is 5.92 Å². The van der Waals surface area contributed by atoms with E-state index in [1.165, 1.54) is 24.8 Å². The zero-order chi connectivity index (χ0) is 14.7. The Bertz CT molecular complexity index is 461. The predicted octanol–water partition coefficient (Wildman–Crippen LogP) is 3.13. The van der Waals surface area contributed by atoms with Crippen molar-refractivity contribution in [2.24, 2.45) is 5.92 Å². The molecule has 0 radical (unpaired) electrons. The van der Waals surface area contributed by atoms with Crippen LogP contribution in [0, 0.1) is 5.92 Å². The second-order valence-electron chi connectivity index (χ2n) is 6.53. The Morgan fingerprint density at radius 1 is 1.14 bits per heavy atom. The van der Waals surface area contributed by atoms with E-state index in [9.17, 15) is 4.79 Å². The Morgan fingerprint density at radius 2 is 1.81 bits per heavy atom. The molecule has 1 aliphatic heterocycles. The molecule has 0 spiro atoms. The Labute approximate surface area is 127 Å². The van der Waals surface area contributed by atoms with Crippen LogP contribution in [0.5, 0.6) is 0 Å². The lowest BCUT2D eigenvalue weighted by Crippen LogP contribution is -2.46. The van der Waals surface area contributed by atoms with E-state index in [1.807, 2.05) is 0 Å². The molecule has 1 atom stereocenters. The molecule has 1 aromatic rings. The summed E-state index contributed by atoms with van der Waals surface area (Å²) >= 11 is 0. The maximum Gasteiger partial charge on any atom is 0.223 e. The van der Waals surface area contributed by atoms with Crippen molar-refractivity contribution in [1.29, 1.82) is 0 Å². The summed E-state index contributed by atoms with van der Waals surface area (Å²) in [5.41, 5.74) is 1.37. The van der Waals surface area contributed by atoms with Crippen LogP contribution in [-0.4, -0.2) is 29.9 Å². The monoisotopic (exact) mass is 286 g/mol. The molecule has 3 rings (SSSR count). The van der Waals surface area contributed by atoms with Gasteiger partial charge in [-0.25, -0.2) is 0 Å². The molecule has 114 valence electrons. The number of amides is 1. The van der Waals surface area contributed by atoms with Crippen LogP contribution in [0.2, 0.25) is 0 Å². The van der Waals surface area contributed by atoms with Crippen LogP contribution < -0.4 is 5.32 Å². The number of nitrogens with one attached hydrogen (secondary N) is 1. The fourth-order valence-corrected chi connectivity index (χ4v) is 3.36. The van der Waals surface area contributed by atoms with Crippen molar-refractivity contribution in [3.63, 3.8) is 0 Å². The Hall–Kier alpha value is -1.35. The van der Waals surface area contributed by atoms with Gasteiger partial charge >= 0.3 is 0 Å². The van der Waals surface area contributed by atoms with Crippen LogP contribution in [0.3, 0.4) is 0 Å². The standard InChI is InChI=1S/C18H26N2O/c1-14(15-6-3-2-4-7-15)20-12-10-16(11-13-20)18(21)19-17-8-5-9-17/h2-4,6-7,14,16-17H,5,8-13H2,1H3,(H,19,21). The summed E-state index contributed by atoms with van der Waals surface area (Å²) in [6.07, 6.45) is 5.62. The maximum absolute atomic E-state index is 12.2. The van der Waals surface area contributed by atoms with Gasteiger partial charge in [0.05, 0.1) is 0 Å². The molecule has 1 unspecified atom stereocenters. The van der Waals surface area contributed by atoms with Gasteiger partial charge in [-0.05, 0) is 57.7 Å². The zero-order valence-corrected chi connectivity index (χ0v) is 12.9. The molecule has 2 aliphatic rings. The molecule has 1 saturated carbocycles. The van der Waals surface area contributed by atoms with Crippen LogP contribution in [0.25, 0.3) is 0 Å². The lowest BCUT2D eigenvalue weighted by molar-refractivity contribution is -0.127. The molecule has 0 aromatic heterocycles. The van der Waals surface area contributed by atoms with Gasteiger partial charge in [-0.1, -0.05) is 30.3 Å². The largest absolute Gasteiger partial charge is 0.353 e. The maximum atomic E-state index is 12.2. The number of benzene rings is 1. The SMILES string of the molecule is CC(c1ccccc1)N1CCC(C(=O)NC2CCC2)CC1. The number of likely N-dealkylation sites (tertiary alicyclic amines) is 1. The summed E-state index contributed by atoms with van der Waals surface area (Å²) < 4.78 is 0. The minimum atomic E-state index is 0.227. The van der Waals surface area contributed by atoms with E-state index < -0.39 is 0 Å². The highest BCUT2D eigenvalue weighted by molar-refractivity contribution is 5.79. The number of rotatable bonds is 4. The van der Waals surface area contributed by atoms with Gasteiger partial charge in [0, 0.05) is 18.0 Å². The third kappa shape index (κ3) is 3.46. The summed E-state index contributed by atoms with van der Waals surface area (Å²) in [5, 5.41) is 3.20. The van der Waals surface area contributed by atoms with E-state index in [2.05, 4.69) is 47.5 Å². The van der Waals surface area contributed by atoms with Gasteiger partial charge < -0.3 is 5.32 Å². The lowest BCUT2D eigenvalue weighted by atomic mass is 9.90. The Balaban J connectivity index is 1.49. The average Bonchev–Trinajstić information content (AvgIpc) is 2.51. The first kappa shape index (κ1) is 14.6. The molecule has 1 aromatic carbocycles. The number of carbonyl (C=O) groups excluding carboxylic acids is 1. The van der Waals surface area contributed by atoms with E-state index in [0.29, 0.717) is 18.0 Å². The molecule has 1 aliphatic carbocycles. The number of hydrogen-bond acceptors (Lipinski definition) is 2. The number of piperidine rings is 1. The first-order chi connectivity index (χ1) is 10.2. The molecular weight excluding hydrogens is 260 g/mol. The van der Waals surface area contributed by atoms with Gasteiger partial charge in [-0.15, -0.1) is 0 Å². The van der Waals surface area contributed by atoms with Crippen molar-refractivity contribution in [3.8, 4) is 0 Å². The zero-order valence-electron chi connectivity index (χ0n) is 12.9. The topological polar surface area (TPSA) is 32.3 Å². The molecule has 1 saturated heterocycles. The summed E-state index contributed by atoms with van der Waals surface area (Å²) in [4.78, 5) is 14.7.